The van der Waals surface area contributed by atoms with E-state index in [4.69, 9.17) is 5.21 Å². The minimum atomic E-state index is 0.529. The molecule has 1 aromatic carbocycles. The van der Waals surface area contributed by atoms with Crippen LogP contribution in [0.25, 0.3) is 10.9 Å². The van der Waals surface area contributed by atoms with E-state index in [-0.39, 0.29) is 0 Å². The third-order valence-corrected chi connectivity index (χ3v) is 2.25. The van der Waals surface area contributed by atoms with E-state index in [1.165, 1.54) is 0 Å². The molecule has 0 amide bonds. The van der Waals surface area contributed by atoms with E-state index in [1.54, 1.807) is 11.6 Å². The van der Waals surface area contributed by atoms with Crippen molar-refractivity contribution in [1.82, 2.24) is 9.78 Å². The average molecular weight is 189 g/mol. The van der Waals surface area contributed by atoms with Gasteiger partial charge in [-0.15, -0.1) is 0 Å². The third kappa shape index (κ3) is 1.16. The van der Waals surface area contributed by atoms with Gasteiger partial charge in [-0.1, -0.05) is 23.4 Å². The van der Waals surface area contributed by atoms with Crippen LogP contribution in [0.15, 0.2) is 29.4 Å². The highest BCUT2D eigenvalue weighted by Crippen LogP contribution is 2.17. The number of rotatable bonds is 1. The lowest BCUT2D eigenvalue weighted by molar-refractivity contribution is 0.319. The summed E-state index contributed by atoms with van der Waals surface area (Å²) in [6.45, 7) is 1.73. The number of aryl methyl sites for hydroxylation is 1. The van der Waals surface area contributed by atoms with Crippen LogP contribution in [-0.4, -0.2) is 20.7 Å². The molecule has 1 heterocycles. The molecule has 0 aliphatic heterocycles. The maximum Gasteiger partial charge on any atom is 0.117 e. The Labute approximate surface area is 81.5 Å². The number of fused-ring (bicyclic) bond motifs is 1. The monoisotopic (exact) mass is 189 g/mol. The molecule has 72 valence electrons. The normalized spacial score (nSPS) is 12.3. The lowest BCUT2D eigenvalue weighted by Crippen LogP contribution is -1.97. The standard InChI is InChI=1S/C10H11N3O/c1-7(12-14)10-8-5-3-4-6-9(8)13(2)11-10/h3-6,14H,1-2H3. The largest absolute Gasteiger partial charge is 0.411 e. The van der Waals surface area contributed by atoms with Crippen LogP contribution in [0.5, 0.6) is 0 Å². The maximum absolute atomic E-state index is 8.70. The minimum Gasteiger partial charge on any atom is -0.411 e. The zero-order valence-electron chi connectivity index (χ0n) is 8.10. The van der Waals surface area contributed by atoms with Crippen molar-refractivity contribution in [2.45, 2.75) is 6.92 Å². The Kier molecular flexibility index (Phi) is 1.96. The lowest BCUT2D eigenvalue weighted by Gasteiger charge is -1.91. The van der Waals surface area contributed by atoms with Crippen molar-refractivity contribution >= 4 is 16.6 Å². The quantitative estimate of drug-likeness (QED) is 0.422. The van der Waals surface area contributed by atoms with E-state index in [9.17, 15) is 0 Å². The van der Waals surface area contributed by atoms with Crippen LogP contribution in [0.1, 0.15) is 12.6 Å². The van der Waals surface area contributed by atoms with Gasteiger partial charge in [0.15, 0.2) is 0 Å². The fourth-order valence-corrected chi connectivity index (χ4v) is 1.53. The summed E-state index contributed by atoms with van der Waals surface area (Å²) >= 11 is 0. The van der Waals surface area contributed by atoms with Crippen molar-refractivity contribution < 1.29 is 5.21 Å². The van der Waals surface area contributed by atoms with Gasteiger partial charge in [-0.2, -0.15) is 5.10 Å². The van der Waals surface area contributed by atoms with E-state index in [2.05, 4.69) is 10.3 Å². The molecule has 0 radical (unpaired) electrons. The first-order valence-electron chi connectivity index (χ1n) is 4.35. The maximum atomic E-state index is 8.70. The van der Waals surface area contributed by atoms with Gasteiger partial charge < -0.3 is 5.21 Å². The summed E-state index contributed by atoms with van der Waals surface area (Å²) in [4.78, 5) is 0. The predicted octanol–water partition coefficient (Wildman–Crippen LogP) is 1.77. The van der Waals surface area contributed by atoms with Gasteiger partial charge in [0.1, 0.15) is 11.4 Å². The van der Waals surface area contributed by atoms with Crippen LogP contribution in [0.3, 0.4) is 0 Å². The molecular weight excluding hydrogens is 178 g/mol. The fraction of sp³-hybridized carbons (Fsp3) is 0.200. The van der Waals surface area contributed by atoms with Gasteiger partial charge in [-0.3, -0.25) is 4.68 Å². The van der Waals surface area contributed by atoms with E-state index >= 15 is 0 Å². The molecule has 0 unspecified atom stereocenters. The van der Waals surface area contributed by atoms with Gasteiger partial charge in [0.25, 0.3) is 0 Å². The second-order valence-electron chi connectivity index (χ2n) is 3.17. The summed E-state index contributed by atoms with van der Waals surface area (Å²) in [5.74, 6) is 0. The zero-order valence-corrected chi connectivity index (χ0v) is 8.10. The highest BCUT2D eigenvalue weighted by Gasteiger charge is 2.09. The summed E-state index contributed by atoms with van der Waals surface area (Å²) in [7, 11) is 1.87. The Morgan fingerprint density at radius 3 is 2.86 bits per heavy atom. The molecule has 0 fully saturated rings. The van der Waals surface area contributed by atoms with Crippen LogP contribution in [0, 0.1) is 0 Å². The highest BCUT2D eigenvalue weighted by atomic mass is 16.4. The van der Waals surface area contributed by atoms with E-state index in [0.29, 0.717) is 5.71 Å². The van der Waals surface area contributed by atoms with Crippen molar-refractivity contribution in [3.8, 4) is 0 Å². The molecule has 0 aliphatic rings. The number of para-hydroxylation sites is 1. The van der Waals surface area contributed by atoms with Gasteiger partial charge in [0, 0.05) is 12.4 Å². The van der Waals surface area contributed by atoms with Gasteiger partial charge in [0.05, 0.1) is 5.52 Å². The van der Waals surface area contributed by atoms with Crippen molar-refractivity contribution in [2.24, 2.45) is 12.2 Å². The topological polar surface area (TPSA) is 50.4 Å². The molecule has 0 atom stereocenters. The number of hydrogen-bond acceptors (Lipinski definition) is 3. The molecule has 0 saturated carbocycles. The summed E-state index contributed by atoms with van der Waals surface area (Å²) in [6.07, 6.45) is 0. The number of benzene rings is 1. The minimum absolute atomic E-state index is 0.529. The Morgan fingerprint density at radius 2 is 2.14 bits per heavy atom. The van der Waals surface area contributed by atoms with Crippen LogP contribution in [0.4, 0.5) is 0 Å². The first-order chi connectivity index (χ1) is 6.74. The smallest absolute Gasteiger partial charge is 0.117 e. The van der Waals surface area contributed by atoms with Crippen LogP contribution < -0.4 is 0 Å². The molecule has 2 rings (SSSR count). The number of nitrogens with zero attached hydrogens (tertiary/aromatic N) is 3. The van der Waals surface area contributed by atoms with Gasteiger partial charge in [0.2, 0.25) is 0 Å². The van der Waals surface area contributed by atoms with Gasteiger partial charge >= 0.3 is 0 Å². The number of aromatic nitrogens is 2. The lowest BCUT2D eigenvalue weighted by atomic mass is 10.1. The van der Waals surface area contributed by atoms with Crippen LogP contribution in [-0.2, 0) is 7.05 Å². The highest BCUT2D eigenvalue weighted by molar-refractivity contribution is 6.07. The third-order valence-electron chi connectivity index (χ3n) is 2.25. The first-order valence-corrected chi connectivity index (χ1v) is 4.35. The second kappa shape index (κ2) is 3.14. The molecule has 1 N–H and O–H groups in total. The second-order valence-corrected chi connectivity index (χ2v) is 3.17. The van der Waals surface area contributed by atoms with Gasteiger partial charge in [-0.25, -0.2) is 0 Å². The van der Waals surface area contributed by atoms with Crippen molar-refractivity contribution in [2.75, 3.05) is 0 Å². The molecular formula is C10H11N3O. The van der Waals surface area contributed by atoms with Crippen LogP contribution in [0.2, 0.25) is 0 Å². The van der Waals surface area contributed by atoms with Crippen molar-refractivity contribution in [3.63, 3.8) is 0 Å². The summed E-state index contributed by atoms with van der Waals surface area (Å²) in [5, 5.41) is 17.1. The molecule has 2 aromatic rings. The molecule has 1 aromatic heterocycles. The first kappa shape index (κ1) is 8.74. The Morgan fingerprint density at radius 1 is 1.43 bits per heavy atom. The van der Waals surface area contributed by atoms with Crippen molar-refractivity contribution in [1.29, 1.82) is 0 Å². The molecule has 0 spiro atoms. The van der Waals surface area contributed by atoms with E-state index < -0.39 is 0 Å². The number of hydrogen-bond donors (Lipinski definition) is 1. The molecule has 0 saturated heterocycles. The fourth-order valence-electron chi connectivity index (χ4n) is 1.53. The molecule has 4 nitrogen and oxygen atoms in total. The Hall–Kier alpha value is -1.84. The Balaban J connectivity index is 2.79. The predicted molar refractivity (Wildman–Crippen MR) is 54.7 cm³/mol. The molecule has 14 heavy (non-hydrogen) atoms. The zero-order chi connectivity index (χ0) is 10.1. The van der Waals surface area contributed by atoms with Crippen LogP contribution >= 0.6 is 0 Å². The molecule has 0 bridgehead atoms. The molecule has 4 heteroatoms. The molecule has 0 aliphatic carbocycles. The summed E-state index contributed by atoms with van der Waals surface area (Å²) < 4.78 is 1.78. The van der Waals surface area contributed by atoms with E-state index in [1.807, 2.05) is 31.3 Å². The SMILES string of the molecule is CC(=NO)c1nn(C)c2ccccc12. The average Bonchev–Trinajstić information content (AvgIpc) is 2.56. The summed E-state index contributed by atoms with van der Waals surface area (Å²) in [6, 6.07) is 7.85. The summed E-state index contributed by atoms with van der Waals surface area (Å²) in [5.41, 5.74) is 2.29. The van der Waals surface area contributed by atoms with E-state index in [0.717, 1.165) is 16.6 Å². The Bertz CT molecular complexity index is 499. The number of oxime groups is 1. The van der Waals surface area contributed by atoms with Gasteiger partial charge in [-0.05, 0) is 13.0 Å². The van der Waals surface area contributed by atoms with Crippen molar-refractivity contribution in [3.05, 3.63) is 30.0 Å².